The van der Waals surface area contributed by atoms with E-state index >= 15 is 0 Å². The van der Waals surface area contributed by atoms with Gasteiger partial charge in [-0.3, -0.25) is 9.55 Å². The first-order valence-corrected chi connectivity index (χ1v) is 25.5. The van der Waals surface area contributed by atoms with Crippen LogP contribution < -0.4 is 0 Å². The molecule has 72 heavy (non-hydrogen) atoms. The Morgan fingerprint density at radius 1 is 0.431 bits per heavy atom. The summed E-state index contributed by atoms with van der Waals surface area (Å²) in [6, 6.07) is 67.8. The van der Waals surface area contributed by atoms with Crippen LogP contribution in [0.15, 0.2) is 194 Å². The zero-order valence-electron chi connectivity index (χ0n) is 43.4. The number of imidazole rings is 1. The van der Waals surface area contributed by atoms with E-state index < -0.39 is 0 Å². The largest absolute Gasteiger partial charge is 0.507 e. The zero-order chi connectivity index (χ0) is 50.5. The predicted octanol–water partition coefficient (Wildman–Crippen LogP) is 18.6. The molecule has 0 fully saturated rings. The van der Waals surface area contributed by atoms with E-state index in [0.29, 0.717) is 5.82 Å². The lowest BCUT2D eigenvalue weighted by Crippen LogP contribution is -2.12. The smallest absolute Gasteiger partial charge is 0.149 e. The molecule has 0 saturated carbocycles. The number of fused-ring (bicyclic) bond motifs is 1. The highest BCUT2D eigenvalue weighted by molar-refractivity contribution is 5.98. The number of nitrogens with zero attached hydrogens (tertiary/aromatic N) is 3. The molecule has 10 aromatic rings. The summed E-state index contributed by atoms with van der Waals surface area (Å²) < 4.78 is 2.30. The molecule has 2 aromatic heterocycles. The van der Waals surface area contributed by atoms with Crippen molar-refractivity contribution in [3.05, 3.63) is 217 Å². The fraction of sp³-hybridized carbons (Fsp3) is 0.206. The molecule has 4 nitrogen and oxygen atoms in total. The van der Waals surface area contributed by atoms with Crippen LogP contribution in [0, 0.1) is 0 Å². The van der Waals surface area contributed by atoms with Crippen molar-refractivity contribution in [2.75, 3.05) is 0 Å². The van der Waals surface area contributed by atoms with Crippen LogP contribution in [0.25, 0.3) is 95.0 Å². The van der Waals surface area contributed by atoms with Crippen molar-refractivity contribution in [2.24, 2.45) is 0 Å². The highest BCUT2D eigenvalue weighted by atomic mass is 16.3. The van der Waals surface area contributed by atoms with Gasteiger partial charge in [-0.2, -0.15) is 0 Å². The molecular formula is C68H65N3O. The molecule has 0 unspecified atom stereocenters. The average molecular weight is 940 g/mol. The molecule has 358 valence electrons. The number of phenols is 1. The summed E-state index contributed by atoms with van der Waals surface area (Å²) in [4.78, 5) is 10.7. The van der Waals surface area contributed by atoms with E-state index in [1.54, 1.807) is 0 Å². The fourth-order valence-corrected chi connectivity index (χ4v) is 9.94. The minimum absolute atomic E-state index is 0.0114. The summed E-state index contributed by atoms with van der Waals surface area (Å²) in [6.45, 7) is 22.3. The molecule has 0 spiro atoms. The van der Waals surface area contributed by atoms with Crippen LogP contribution in [0.4, 0.5) is 0 Å². The lowest BCUT2D eigenvalue weighted by Gasteiger charge is -2.24. The van der Waals surface area contributed by atoms with Gasteiger partial charge in [0.2, 0.25) is 0 Å². The Morgan fingerprint density at radius 2 is 1.00 bits per heavy atom. The molecule has 0 radical (unpaired) electrons. The van der Waals surface area contributed by atoms with E-state index in [4.69, 9.17) is 9.97 Å². The number of benzene rings is 8. The summed E-state index contributed by atoms with van der Waals surface area (Å²) >= 11 is 0. The summed E-state index contributed by atoms with van der Waals surface area (Å²) in [5.41, 5.74) is 21.0. The zero-order valence-corrected chi connectivity index (χ0v) is 43.4. The lowest BCUT2D eigenvalue weighted by molar-refractivity contribution is 0.466. The molecule has 1 N–H and O–H groups in total. The van der Waals surface area contributed by atoms with E-state index in [9.17, 15) is 5.11 Å². The first kappa shape index (κ1) is 47.8. The van der Waals surface area contributed by atoms with E-state index in [1.165, 1.54) is 22.3 Å². The third-order valence-corrected chi connectivity index (χ3v) is 14.3. The predicted molar refractivity (Wildman–Crippen MR) is 304 cm³/mol. The van der Waals surface area contributed by atoms with Gasteiger partial charge in [-0.05, 0) is 144 Å². The van der Waals surface area contributed by atoms with Gasteiger partial charge in [0.1, 0.15) is 11.6 Å². The monoisotopic (exact) mass is 940 g/mol. The molecule has 4 heteroatoms. The van der Waals surface area contributed by atoms with Crippen LogP contribution in [0.3, 0.4) is 0 Å². The number of phenolic OH excluding ortho intramolecular Hbond substituents is 1. The molecule has 0 aliphatic carbocycles. The standard InChI is InChI=1S/C68H65N3O/c1-43(2)51-39-58(44(3)4)65(72)60(40-51)66-70-64-57(22-17-23-63(64)71(66)62-33-32-56(68(8,9)10)42-59(62)49-28-30-55(31-29-49)67(5,6)7)53-36-52(46-20-15-12-16-21-46)37-54(38-53)61-41-50(34-35-69-61)48-26-24-47(25-27-48)45-18-13-11-14-19-45/h11-44,72H,1-10H3. The van der Waals surface area contributed by atoms with Gasteiger partial charge in [-0.25, -0.2) is 4.98 Å². The van der Waals surface area contributed by atoms with Crippen molar-refractivity contribution in [1.82, 2.24) is 14.5 Å². The number of hydrogen-bond acceptors (Lipinski definition) is 3. The maximum Gasteiger partial charge on any atom is 0.149 e. The second kappa shape index (κ2) is 19.1. The second-order valence-electron chi connectivity index (χ2n) is 22.1. The molecule has 0 amide bonds. The van der Waals surface area contributed by atoms with Crippen LogP contribution in [-0.4, -0.2) is 19.6 Å². The third-order valence-electron chi connectivity index (χ3n) is 14.3. The molecule has 0 aliphatic heterocycles. The van der Waals surface area contributed by atoms with Crippen LogP contribution in [0.2, 0.25) is 0 Å². The van der Waals surface area contributed by atoms with Crippen molar-refractivity contribution < 1.29 is 5.11 Å². The Morgan fingerprint density at radius 3 is 1.62 bits per heavy atom. The number of rotatable bonds is 10. The van der Waals surface area contributed by atoms with Crippen LogP contribution in [0.5, 0.6) is 5.75 Å². The van der Waals surface area contributed by atoms with Crippen molar-refractivity contribution in [2.45, 2.75) is 91.9 Å². The highest BCUT2D eigenvalue weighted by Crippen LogP contribution is 2.45. The highest BCUT2D eigenvalue weighted by Gasteiger charge is 2.27. The van der Waals surface area contributed by atoms with Crippen molar-refractivity contribution in [3.63, 3.8) is 0 Å². The summed E-state index contributed by atoms with van der Waals surface area (Å²) in [6.07, 6.45) is 1.92. The molecule has 0 atom stereocenters. The van der Waals surface area contributed by atoms with E-state index in [-0.39, 0.29) is 28.4 Å². The SMILES string of the molecule is CC(C)c1cc(-c2nc3c(-c4cc(-c5ccccc5)cc(-c5cc(-c6ccc(-c7ccccc7)cc6)ccn5)c4)cccc3n2-c2ccc(C(C)(C)C)cc2-c2ccc(C(C)(C)C)cc2)c(O)c(C(C)C)c1. The van der Waals surface area contributed by atoms with Crippen molar-refractivity contribution in [1.29, 1.82) is 0 Å². The number of aromatic hydroxyl groups is 1. The Balaban J connectivity index is 1.22. The Hall–Kier alpha value is -7.82. The Bertz CT molecular complexity index is 3570. The number of pyridine rings is 1. The lowest BCUT2D eigenvalue weighted by atomic mass is 9.83. The van der Waals surface area contributed by atoms with E-state index in [2.05, 4.69) is 262 Å². The second-order valence-corrected chi connectivity index (χ2v) is 22.1. The van der Waals surface area contributed by atoms with Gasteiger partial charge in [-0.1, -0.05) is 203 Å². The Labute approximate surface area is 426 Å². The summed E-state index contributed by atoms with van der Waals surface area (Å²) in [5, 5.41) is 12.5. The summed E-state index contributed by atoms with van der Waals surface area (Å²) in [7, 11) is 0. The van der Waals surface area contributed by atoms with Gasteiger partial charge >= 0.3 is 0 Å². The third kappa shape index (κ3) is 9.42. The van der Waals surface area contributed by atoms with Crippen molar-refractivity contribution >= 4 is 11.0 Å². The maximum absolute atomic E-state index is 12.5. The summed E-state index contributed by atoms with van der Waals surface area (Å²) in [5.74, 6) is 1.29. The number of hydrogen-bond donors (Lipinski definition) is 1. The van der Waals surface area contributed by atoms with E-state index in [0.717, 1.165) is 89.2 Å². The first-order valence-electron chi connectivity index (χ1n) is 25.5. The van der Waals surface area contributed by atoms with E-state index in [1.807, 2.05) is 6.20 Å². The molecule has 10 rings (SSSR count). The van der Waals surface area contributed by atoms with Gasteiger partial charge in [0.25, 0.3) is 0 Å². The van der Waals surface area contributed by atoms with Gasteiger partial charge in [0.05, 0.1) is 28.0 Å². The van der Waals surface area contributed by atoms with Gasteiger partial charge in [-0.15, -0.1) is 0 Å². The van der Waals surface area contributed by atoms with Crippen LogP contribution >= 0.6 is 0 Å². The molecule has 0 saturated heterocycles. The van der Waals surface area contributed by atoms with Gasteiger partial charge < -0.3 is 5.11 Å². The van der Waals surface area contributed by atoms with Gasteiger partial charge in [0.15, 0.2) is 0 Å². The molecule has 8 aromatic carbocycles. The van der Waals surface area contributed by atoms with Gasteiger partial charge in [0, 0.05) is 22.9 Å². The molecular weight excluding hydrogens is 875 g/mol. The normalized spacial score (nSPS) is 12.1. The Kier molecular flexibility index (Phi) is 12.7. The number of para-hydroxylation sites is 1. The average Bonchev–Trinajstić information content (AvgIpc) is 3.78. The number of aromatic nitrogens is 3. The van der Waals surface area contributed by atoms with Crippen LogP contribution in [-0.2, 0) is 10.8 Å². The van der Waals surface area contributed by atoms with Crippen LogP contribution in [0.1, 0.15) is 103 Å². The first-order chi connectivity index (χ1) is 34.5. The minimum Gasteiger partial charge on any atom is -0.507 e. The van der Waals surface area contributed by atoms with Crippen molar-refractivity contribution in [3.8, 4) is 89.7 Å². The molecule has 2 heterocycles. The molecule has 0 bridgehead atoms. The fourth-order valence-electron chi connectivity index (χ4n) is 9.94. The maximum atomic E-state index is 12.5. The molecule has 0 aliphatic rings. The minimum atomic E-state index is -0.0927. The quantitative estimate of drug-likeness (QED) is 0.149. The topological polar surface area (TPSA) is 50.9 Å².